The van der Waals surface area contributed by atoms with Crippen molar-refractivity contribution in [3.05, 3.63) is 29.8 Å². The van der Waals surface area contributed by atoms with E-state index < -0.39 is 0 Å². The zero-order valence-corrected chi connectivity index (χ0v) is 13.8. The van der Waals surface area contributed by atoms with Crippen LogP contribution >= 0.6 is 0 Å². The second kappa shape index (κ2) is 6.00. The van der Waals surface area contributed by atoms with E-state index in [1.165, 1.54) is 49.8 Å². The lowest BCUT2D eigenvalue weighted by Gasteiger charge is -2.36. The highest BCUT2D eigenvalue weighted by molar-refractivity contribution is 5.46. The SMILES string of the molecule is CNC1CC(Nc2ccc(C3CCC(C)(C)CC3)cc2)C1. The Hall–Kier alpha value is -1.02. The van der Waals surface area contributed by atoms with Crippen LogP contribution in [0.4, 0.5) is 5.69 Å². The monoisotopic (exact) mass is 286 g/mol. The second-order valence-electron chi connectivity index (χ2n) is 7.86. The molecule has 1 aromatic carbocycles. The lowest BCUT2D eigenvalue weighted by atomic mass is 9.71. The topological polar surface area (TPSA) is 24.1 Å². The molecule has 2 fully saturated rings. The molecule has 3 rings (SSSR count). The third-order valence-corrected chi connectivity index (χ3v) is 5.64. The highest BCUT2D eigenvalue weighted by atomic mass is 15.0. The summed E-state index contributed by atoms with van der Waals surface area (Å²) in [4.78, 5) is 0. The van der Waals surface area contributed by atoms with E-state index in [0.717, 1.165) is 5.92 Å². The van der Waals surface area contributed by atoms with Crippen LogP contribution in [0.15, 0.2) is 24.3 Å². The summed E-state index contributed by atoms with van der Waals surface area (Å²) in [5.74, 6) is 0.782. The number of benzene rings is 1. The van der Waals surface area contributed by atoms with Crippen LogP contribution in [0.2, 0.25) is 0 Å². The molecule has 0 bridgehead atoms. The third-order valence-electron chi connectivity index (χ3n) is 5.64. The van der Waals surface area contributed by atoms with Crippen molar-refractivity contribution in [3.8, 4) is 0 Å². The summed E-state index contributed by atoms with van der Waals surface area (Å²) in [7, 11) is 2.06. The standard InChI is InChI=1S/C19H30N2/c1-19(2)10-8-15(9-11-19)14-4-6-16(7-5-14)21-18-12-17(13-18)20-3/h4-7,15,17-18,20-21H,8-13H2,1-3H3. The van der Waals surface area contributed by atoms with Gasteiger partial charge in [-0.25, -0.2) is 0 Å². The number of anilines is 1. The van der Waals surface area contributed by atoms with Crippen LogP contribution in [0.5, 0.6) is 0 Å². The first kappa shape index (κ1) is 14.9. The van der Waals surface area contributed by atoms with Gasteiger partial charge in [-0.05, 0) is 74.6 Å². The van der Waals surface area contributed by atoms with Crippen molar-refractivity contribution in [2.24, 2.45) is 5.41 Å². The maximum Gasteiger partial charge on any atom is 0.0342 e. The van der Waals surface area contributed by atoms with Crippen LogP contribution < -0.4 is 10.6 Å². The fourth-order valence-electron chi connectivity index (χ4n) is 3.79. The number of hydrogen-bond acceptors (Lipinski definition) is 2. The predicted molar refractivity (Wildman–Crippen MR) is 90.9 cm³/mol. The van der Waals surface area contributed by atoms with Gasteiger partial charge in [0.05, 0.1) is 0 Å². The molecule has 0 aliphatic heterocycles. The van der Waals surface area contributed by atoms with Crippen molar-refractivity contribution in [1.82, 2.24) is 5.32 Å². The summed E-state index contributed by atoms with van der Waals surface area (Å²) in [6, 6.07) is 10.6. The second-order valence-corrected chi connectivity index (χ2v) is 7.86. The Morgan fingerprint density at radius 1 is 0.952 bits per heavy atom. The Morgan fingerprint density at radius 2 is 1.57 bits per heavy atom. The van der Waals surface area contributed by atoms with Crippen LogP contribution in [0.25, 0.3) is 0 Å². The number of hydrogen-bond donors (Lipinski definition) is 2. The Kier molecular flexibility index (Phi) is 4.26. The minimum absolute atomic E-state index is 0.562. The van der Waals surface area contributed by atoms with Gasteiger partial charge in [0.15, 0.2) is 0 Å². The van der Waals surface area contributed by atoms with Gasteiger partial charge < -0.3 is 10.6 Å². The smallest absolute Gasteiger partial charge is 0.0342 e. The molecule has 116 valence electrons. The quantitative estimate of drug-likeness (QED) is 0.849. The van der Waals surface area contributed by atoms with Crippen LogP contribution in [-0.2, 0) is 0 Å². The molecule has 0 heterocycles. The Morgan fingerprint density at radius 3 is 2.14 bits per heavy atom. The van der Waals surface area contributed by atoms with Crippen LogP contribution in [0.3, 0.4) is 0 Å². The summed E-state index contributed by atoms with van der Waals surface area (Å²) >= 11 is 0. The minimum atomic E-state index is 0.562. The molecule has 0 spiro atoms. The average Bonchev–Trinajstić information content (AvgIpc) is 2.43. The molecule has 0 saturated heterocycles. The van der Waals surface area contributed by atoms with Gasteiger partial charge in [-0.3, -0.25) is 0 Å². The Bertz CT molecular complexity index is 447. The lowest BCUT2D eigenvalue weighted by molar-refractivity contribution is 0.224. The van der Waals surface area contributed by atoms with Crippen LogP contribution in [0, 0.1) is 5.41 Å². The molecule has 2 aliphatic carbocycles. The van der Waals surface area contributed by atoms with Crippen molar-refractivity contribution in [2.75, 3.05) is 12.4 Å². The first-order valence-electron chi connectivity index (χ1n) is 8.59. The molecule has 0 radical (unpaired) electrons. The van der Waals surface area contributed by atoms with Crippen LogP contribution in [-0.4, -0.2) is 19.1 Å². The van der Waals surface area contributed by atoms with E-state index in [9.17, 15) is 0 Å². The molecule has 1 aromatic rings. The largest absolute Gasteiger partial charge is 0.382 e. The number of nitrogens with one attached hydrogen (secondary N) is 2. The Labute approximate surface area is 129 Å². The summed E-state index contributed by atoms with van der Waals surface area (Å²) in [5.41, 5.74) is 3.39. The van der Waals surface area contributed by atoms with Crippen molar-refractivity contribution >= 4 is 5.69 Å². The zero-order chi connectivity index (χ0) is 14.9. The van der Waals surface area contributed by atoms with E-state index in [1.54, 1.807) is 0 Å². The lowest BCUT2D eigenvalue weighted by Crippen LogP contribution is -2.46. The molecular weight excluding hydrogens is 256 g/mol. The average molecular weight is 286 g/mol. The highest BCUT2D eigenvalue weighted by Crippen LogP contribution is 2.42. The van der Waals surface area contributed by atoms with Crippen molar-refractivity contribution < 1.29 is 0 Å². The van der Waals surface area contributed by atoms with Gasteiger partial charge >= 0.3 is 0 Å². The first-order valence-corrected chi connectivity index (χ1v) is 8.59. The molecule has 0 aromatic heterocycles. The normalized spacial score (nSPS) is 28.9. The fraction of sp³-hybridized carbons (Fsp3) is 0.684. The van der Waals surface area contributed by atoms with Crippen molar-refractivity contribution in [1.29, 1.82) is 0 Å². The van der Waals surface area contributed by atoms with Gasteiger partial charge in [0.25, 0.3) is 0 Å². The van der Waals surface area contributed by atoms with E-state index in [1.807, 2.05) is 0 Å². The molecule has 21 heavy (non-hydrogen) atoms. The summed E-state index contributed by atoms with van der Waals surface area (Å²) in [6.07, 6.45) is 7.93. The van der Waals surface area contributed by atoms with Gasteiger partial charge in [0, 0.05) is 17.8 Å². The molecule has 0 atom stereocenters. The van der Waals surface area contributed by atoms with Gasteiger partial charge in [-0.15, -0.1) is 0 Å². The molecule has 2 saturated carbocycles. The highest BCUT2D eigenvalue weighted by Gasteiger charge is 2.28. The fourth-order valence-corrected chi connectivity index (χ4v) is 3.79. The maximum atomic E-state index is 3.65. The molecule has 2 nitrogen and oxygen atoms in total. The Balaban J connectivity index is 1.53. The third kappa shape index (κ3) is 3.60. The molecule has 2 heteroatoms. The molecule has 0 unspecified atom stereocenters. The van der Waals surface area contributed by atoms with Crippen LogP contribution in [0.1, 0.15) is 63.9 Å². The summed E-state index contributed by atoms with van der Waals surface area (Å²) < 4.78 is 0. The molecular formula is C19H30N2. The molecule has 2 aliphatic rings. The van der Waals surface area contributed by atoms with Gasteiger partial charge in [0.1, 0.15) is 0 Å². The van der Waals surface area contributed by atoms with E-state index in [2.05, 4.69) is 55.8 Å². The van der Waals surface area contributed by atoms with Gasteiger partial charge in [0.2, 0.25) is 0 Å². The minimum Gasteiger partial charge on any atom is -0.382 e. The van der Waals surface area contributed by atoms with E-state index in [4.69, 9.17) is 0 Å². The number of rotatable bonds is 4. The molecule has 2 N–H and O–H groups in total. The van der Waals surface area contributed by atoms with Crippen molar-refractivity contribution in [3.63, 3.8) is 0 Å². The summed E-state index contributed by atoms with van der Waals surface area (Å²) in [6.45, 7) is 4.82. The predicted octanol–water partition coefficient (Wildman–Crippen LogP) is 4.53. The maximum absolute atomic E-state index is 3.65. The first-order chi connectivity index (χ1) is 10.1. The van der Waals surface area contributed by atoms with Gasteiger partial charge in [-0.2, -0.15) is 0 Å². The van der Waals surface area contributed by atoms with Crippen molar-refractivity contribution in [2.45, 2.75) is 70.4 Å². The zero-order valence-electron chi connectivity index (χ0n) is 13.8. The summed E-state index contributed by atoms with van der Waals surface area (Å²) in [5, 5.41) is 6.98. The molecule has 0 amide bonds. The van der Waals surface area contributed by atoms with E-state index in [0.29, 0.717) is 17.5 Å². The van der Waals surface area contributed by atoms with E-state index in [-0.39, 0.29) is 0 Å². The van der Waals surface area contributed by atoms with Gasteiger partial charge in [-0.1, -0.05) is 26.0 Å². The van der Waals surface area contributed by atoms with E-state index >= 15 is 0 Å².